The Kier molecular flexibility index (Phi) is 4.23. The third-order valence-electron chi connectivity index (χ3n) is 4.38. The zero-order valence-electron chi connectivity index (χ0n) is 15.0. The van der Waals surface area contributed by atoms with Crippen LogP contribution in [0.5, 0.6) is 0 Å². The minimum atomic E-state index is -0.756. The molecule has 1 amide bonds. The average molecular weight is 377 g/mol. The van der Waals surface area contributed by atoms with Gasteiger partial charge < -0.3 is 5.73 Å². The van der Waals surface area contributed by atoms with Crippen molar-refractivity contribution in [1.82, 2.24) is 19.1 Å². The maximum atomic E-state index is 13.4. The van der Waals surface area contributed by atoms with Gasteiger partial charge in [-0.25, -0.2) is 23.7 Å². The van der Waals surface area contributed by atoms with Crippen LogP contribution in [-0.4, -0.2) is 25.0 Å². The molecule has 4 rings (SSSR count). The van der Waals surface area contributed by atoms with Crippen molar-refractivity contribution >= 4 is 17.1 Å². The highest BCUT2D eigenvalue weighted by atomic mass is 19.1. The molecule has 0 bridgehead atoms. The van der Waals surface area contributed by atoms with Crippen LogP contribution >= 0.6 is 0 Å². The molecule has 2 heterocycles. The van der Waals surface area contributed by atoms with Gasteiger partial charge in [-0.3, -0.25) is 9.36 Å². The molecule has 0 fully saturated rings. The summed E-state index contributed by atoms with van der Waals surface area (Å²) >= 11 is 0. The van der Waals surface area contributed by atoms with E-state index >= 15 is 0 Å². The van der Waals surface area contributed by atoms with Crippen LogP contribution in [0.2, 0.25) is 0 Å². The van der Waals surface area contributed by atoms with E-state index in [-0.39, 0.29) is 23.4 Å². The Hall–Kier alpha value is -3.81. The second-order valence-electron chi connectivity index (χ2n) is 6.32. The van der Waals surface area contributed by atoms with E-state index in [1.807, 2.05) is 30.3 Å². The van der Waals surface area contributed by atoms with E-state index in [1.165, 1.54) is 33.4 Å². The van der Waals surface area contributed by atoms with Crippen molar-refractivity contribution < 1.29 is 9.18 Å². The zero-order chi connectivity index (χ0) is 19.8. The number of carbonyl (C=O) groups excluding carboxylic acids is 1. The van der Waals surface area contributed by atoms with Gasteiger partial charge >= 0.3 is 5.69 Å². The number of fused-ring (bicyclic) bond motifs is 1. The minimum absolute atomic E-state index is 0.0311. The van der Waals surface area contributed by atoms with Crippen LogP contribution in [-0.2, 0) is 6.54 Å². The molecular formula is C20H16FN5O2. The van der Waals surface area contributed by atoms with Crippen LogP contribution in [0.25, 0.3) is 16.9 Å². The Labute approximate surface area is 158 Å². The van der Waals surface area contributed by atoms with Gasteiger partial charge in [0.15, 0.2) is 11.3 Å². The molecule has 0 atom stereocenters. The number of aryl methyl sites for hydroxylation is 1. The summed E-state index contributed by atoms with van der Waals surface area (Å²) in [5.41, 5.74) is 6.85. The number of hydrogen-bond donors (Lipinski definition) is 1. The average Bonchev–Trinajstić information content (AvgIpc) is 2.94. The minimum Gasteiger partial charge on any atom is -0.364 e. The van der Waals surface area contributed by atoms with E-state index in [0.717, 1.165) is 5.56 Å². The van der Waals surface area contributed by atoms with Crippen LogP contribution in [0, 0.1) is 12.7 Å². The monoisotopic (exact) mass is 377 g/mol. The number of nitrogens with zero attached hydrogens (tertiary/aromatic N) is 4. The molecule has 8 heteroatoms. The number of benzene rings is 2. The van der Waals surface area contributed by atoms with Crippen molar-refractivity contribution in [2.75, 3.05) is 0 Å². The lowest BCUT2D eigenvalue weighted by Crippen LogP contribution is -2.24. The van der Waals surface area contributed by atoms with E-state index in [9.17, 15) is 14.0 Å². The van der Waals surface area contributed by atoms with Crippen LogP contribution in [0.15, 0.2) is 59.4 Å². The molecule has 7 nitrogen and oxygen atoms in total. The number of amides is 1. The first-order valence-corrected chi connectivity index (χ1v) is 8.55. The van der Waals surface area contributed by atoms with E-state index in [0.29, 0.717) is 11.5 Å². The number of imidazole rings is 1. The Morgan fingerprint density at radius 1 is 1.07 bits per heavy atom. The first-order chi connectivity index (χ1) is 13.5. The summed E-state index contributed by atoms with van der Waals surface area (Å²) in [5, 5.41) is 0. The molecule has 0 aliphatic heterocycles. The molecule has 4 aromatic rings. The molecule has 0 saturated carbocycles. The van der Waals surface area contributed by atoms with Gasteiger partial charge in [0.05, 0.1) is 12.2 Å². The second-order valence-corrected chi connectivity index (χ2v) is 6.32. The van der Waals surface area contributed by atoms with E-state index in [4.69, 9.17) is 5.73 Å². The maximum absolute atomic E-state index is 13.4. The molecule has 0 aliphatic rings. The summed E-state index contributed by atoms with van der Waals surface area (Å²) < 4.78 is 16.1. The molecule has 2 aromatic carbocycles. The van der Waals surface area contributed by atoms with Crippen molar-refractivity contribution in [2.45, 2.75) is 13.5 Å². The summed E-state index contributed by atoms with van der Waals surface area (Å²) in [4.78, 5) is 33.8. The fraction of sp³-hybridized carbons (Fsp3) is 0.100. The molecular weight excluding hydrogens is 361 g/mol. The predicted octanol–water partition coefficient (Wildman–Crippen LogP) is 2.18. The van der Waals surface area contributed by atoms with Gasteiger partial charge in [0.1, 0.15) is 17.2 Å². The molecule has 0 radical (unpaired) electrons. The molecule has 0 unspecified atom stereocenters. The van der Waals surface area contributed by atoms with Gasteiger partial charge in [-0.1, -0.05) is 30.3 Å². The fourth-order valence-electron chi connectivity index (χ4n) is 3.17. The number of nitrogens with two attached hydrogens (primary N) is 1. The Balaban J connectivity index is 2.07. The summed E-state index contributed by atoms with van der Waals surface area (Å²) in [6.45, 7) is 1.82. The van der Waals surface area contributed by atoms with Crippen molar-refractivity contribution in [2.24, 2.45) is 5.73 Å². The van der Waals surface area contributed by atoms with Crippen molar-refractivity contribution in [1.29, 1.82) is 0 Å². The van der Waals surface area contributed by atoms with Crippen molar-refractivity contribution in [3.63, 3.8) is 0 Å². The molecule has 0 saturated heterocycles. The van der Waals surface area contributed by atoms with Gasteiger partial charge in [0.25, 0.3) is 5.91 Å². The Morgan fingerprint density at radius 2 is 1.75 bits per heavy atom. The first-order valence-electron chi connectivity index (χ1n) is 8.55. The molecule has 0 aliphatic carbocycles. The van der Waals surface area contributed by atoms with Crippen LogP contribution in [0.3, 0.4) is 0 Å². The van der Waals surface area contributed by atoms with Crippen molar-refractivity contribution in [3.8, 4) is 5.69 Å². The Morgan fingerprint density at radius 3 is 2.39 bits per heavy atom. The number of halogens is 1. The third-order valence-corrected chi connectivity index (χ3v) is 4.38. The van der Waals surface area contributed by atoms with Gasteiger partial charge in [-0.05, 0) is 36.8 Å². The molecule has 2 aromatic heterocycles. The quantitative estimate of drug-likeness (QED) is 0.590. The largest absolute Gasteiger partial charge is 0.364 e. The first kappa shape index (κ1) is 17.6. The standard InChI is InChI=1S/C20H16FN5O2/c1-12-23-16(18(22)27)17-19(24-12)26(15-9-7-14(21)8-10-15)20(28)25(17)11-13-5-3-2-4-6-13/h2-10H,11H2,1H3,(H2,22,27). The fourth-order valence-corrected chi connectivity index (χ4v) is 3.17. The van der Waals surface area contributed by atoms with Crippen molar-refractivity contribution in [3.05, 3.63) is 88.0 Å². The zero-order valence-corrected chi connectivity index (χ0v) is 15.0. The van der Waals surface area contributed by atoms with E-state index in [1.54, 1.807) is 6.92 Å². The SMILES string of the molecule is Cc1nc(C(N)=O)c2c(n1)n(-c1ccc(F)cc1)c(=O)n2Cc1ccccc1. The van der Waals surface area contributed by atoms with Crippen LogP contribution in [0.1, 0.15) is 21.9 Å². The summed E-state index contributed by atoms with van der Waals surface area (Å²) in [7, 11) is 0. The number of carbonyl (C=O) groups is 1. The molecule has 140 valence electrons. The highest BCUT2D eigenvalue weighted by Gasteiger charge is 2.23. The highest BCUT2D eigenvalue weighted by Crippen LogP contribution is 2.20. The number of hydrogen-bond acceptors (Lipinski definition) is 4. The van der Waals surface area contributed by atoms with Gasteiger partial charge in [-0.15, -0.1) is 0 Å². The van der Waals surface area contributed by atoms with Gasteiger partial charge in [-0.2, -0.15) is 0 Å². The maximum Gasteiger partial charge on any atom is 0.335 e. The van der Waals surface area contributed by atoms with E-state index < -0.39 is 17.4 Å². The van der Waals surface area contributed by atoms with Gasteiger partial charge in [0, 0.05) is 0 Å². The third kappa shape index (κ3) is 2.94. The van der Waals surface area contributed by atoms with Gasteiger partial charge in [0.2, 0.25) is 0 Å². The molecule has 2 N–H and O–H groups in total. The summed E-state index contributed by atoms with van der Waals surface area (Å²) in [6.07, 6.45) is 0. The van der Waals surface area contributed by atoms with Crippen LogP contribution < -0.4 is 11.4 Å². The lowest BCUT2D eigenvalue weighted by Gasteiger charge is -2.06. The summed E-state index contributed by atoms with van der Waals surface area (Å²) in [5.74, 6) is -0.879. The lowest BCUT2D eigenvalue weighted by atomic mass is 10.2. The normalized spacial score (nSPS) is 11.1. The number of aromatic nitrogens is 4. The molecule has 0 spiro atoms. The summed E-state index contributed by atoms with van der Waals surface area (Å²) in [6, 6.07) is 14.8. The second kappa shape index (κ2) is 6.73. The highest BCUT2D eigenvalue weighted by molar-refractivity contribution is 6.01. The molecule has 28 heavy (non-hydrogen) atoms. The smallest absolute Gasteiger partial charge is 0.335 e. The number of primary amides is 1. The lowest BCUT2D eigenvalue weighted by molar-refractivity contribution is 0.0996. The topological polar surface area (TPSA) is 95.8 Å². The Bertz CT molecular complexity index is 1240. The predicted molar refractivity (Wildman–Crippen MR) is 102 cm³/mol. The van der Waals surface area contributed by atoms with Crippen LogP contribution in [0.4, 0.5) is 4.39 Å². The van der Waals surface area contributed by atoms with E-state index in [2.05, 4.69) is 9.97 Å². The number of rotatable bonds is 4.